The molecule has 0 saturated heterocycles. The van der Waals surface area contributed by atoms with Crippen molar-refractivity contribution in [3.05, 3.63) is 54.1 Å². The lowest BCUT2D eigenvalue weighted by molar-refractivity contribution is 0.0956. The van der Waals surface area contributed by atoms with Crippen molar-refractivity contribution in [1.82, 2.24) is 5.32 Å². The van der Waals surface area contributed by atoms with Crippen LogP contribution in [0.1, 0.15) is 17.3 Å². The van der Waals surface area contributed by atoms with Crippen molar-refractivity contribution in [2.24, 2.45) is 0 Å². The Kier molecular flexibility index (Phi) is 3.63. The van der Waals surface area contributed by atoms with Crippen molar-refractivity contribution in [3.63, 3.8) is 0 Å². The lowest BCUT2D eigenvalue weighted by Crippen LogP contribution is -2.23. The van der Waals surface area contributed by atoms with Gasteiger partial charge < -0.3 is 10.4 Å². The number of nitrogens with one attached hydrogen (secondary N) is 1. The zero-order valence-electron chi connectivity index (χ0n) is 10.2. The number of benzene rings is 2. The van der Waals surface area contributed by atoms with Crippen molar-refractivity contribution in [1.29, 1.82) is 0 Å². The van der Waals surface area contributed by atoms with Gasteiger partial charge in [-0.25, -0.2) is 0 Å². The Morgan fingerprint density at radius 1 is 1.11 bits per heavy atom. The van der Waals surface area contributed by atoms with Gasteiger partial charge in [0.25, 0.3) is 5.91 Å². The second-order valence-electron chi connectivity index (χ2n) is 3.95. The number of amides is 1. The first kappa shape index (κ1) is 12.2. The Morgan fingerprint density at radius 2 is 1.78 bits per heavy atom. The van der Waals surface area contributed by atoms with E-state index in [9.17, 15) is 9.90 Å². The molecule has 2 aromatic rings. The van der Waals surface area contributed by atoms with Gasteiger partial charge in [0.1, 0.15) is 5.75 Å². The van der Waals surface area contributed by atoms with Crippen LogP contribution < -0.4 is 5.32 Å². The molecule has 2 N–H and O–H groups in total. The Balaban J connectivity index is 2.44. The Bertz CT molecular complexity index is 547. The van der Waals surface area contributed by atoms with Gasteiger partial charge in [0.05, 0.1) is 0 Å². The number of rotatable bonds is 3. The maximum atomic E-state index is 11.9. The normalized spacial score (nSPS) is 10.1. The van der Waals surface area contributed by atoms with Crippen LogP contribution in [0.25, 0.3) is 11.1 Å². The quantitative estimate of drug-likeness (QED) is 0.868. The molecule has 0 aliphatic carbocycles. The first-order valence-corrected chi connectivity index (χ1v) is 5.89. The van der Waals surface area contributed by atoms with E-state index in [4.69, 9.17) is 0 Å². The van der Waals surface area contributed by atoms with Gasteiger partial charge in [-0.1, -0.05) is 30.3 Å². The van der Waals surface area contributed by atoms with Crippen LogP contribution in [0.4, 0.5) is 0 Å². The second-order valence-corrected chi connectivity index (χ2v) is 3.95. The van der Waals surface area contributed by atoms with E-state index in [2.05, 4.69) is 5.32 Å². The summed E-state index contributed by atoms with van der Waals surface area (Å²) in [4.78, 5) is 11.9. The van der Waals surface area contributed by atoms with Crippen LogP contribution in [0.3, 0.4) is 0 Å². The number of carbonyl (C=O) groups excluding carboxylic acids is 1. The fraction of sp³-hybridized carbons (Fsp3) is 0.133. The van der Waals surface area contributed by atoms with E-state index in [1.165, 1.54) is 0 Å². The lowest BCUT2D eigenvalue weighted by Gasteiger charge is -2.09. The first-order chi connectivity index (χ1) is 8.72. The molecule has 0 atom stereocenters. The molecule has 1 amide bonds. The van der Waals surface area contributed by atoms with E-state index in [1.54, 1.807) is 30.3 Å². The summed E-state index contributed by atoms with van der Waals surface area (Å²) in [6.45, 7) is 2.49. The first-order valence-electron chi connectivity index (χ1n) is 5.89. The predicted molar refractivity (Wildman–Crippen MR) is 71.6 cm³/mol. The topological polar surface area (TPSA) is 49.3 Å². The summed E-state index contributed by atoms with van der Waals surface area (Å²) in [6.07, 6.45) is 0. The summed E-state index contributed by atoms with van der Waals surface area (Å²) in [5.74, 6) is 0.135. The van der Waals surface area contributed by atoms with Gasteiger partial charge >= 0.3 is 0 Å². The molecular weight excluding hydrogens is 226 g/mol. The van der Waals surface area contributed by atoms with Crippen molar-refractivity contribution in [3.8, 4) is 16.9 Å². The van der Waals surface area contributed by atoms with E-state index in [-0.39, 0.29) is 11.7 Å². The van der Waals surface area contributed by atoms with Crippen LogP contribution in [0.5, 0.6) is 5.75 Å². The number of phenolic OH excluding ortho intramolecular Hbond substituents is 1. The molecule has 92 valence electrons. The van der Waals surface area contributed by atoms with E-state index in [0.717, 1.165) is 11.1 Å². The Labute approximate surface area is 106 Å². The van der Waals surface area contributed by atoms with Gasteiger partial charge in [-0.05, 0) is 36.2 Å². The summed E-state index contributed by atoms with van der Waals surface area (Å²) < 4.78 is 0. The van der Waals surface area contributed by atoms with E-state index in [0.29, 0.717) is 12.1 Å². The summed E-state index contributed by atoms with van der Waals surface area (Å²) >= 11 is 0. The number of hydrogen-bond acceptors (Lipinski definition) is 2. The van der Waals surface area contributed by atoms with E-state index < -0.39 is 0 Å². The maximum Gasteiger partial charge on any atom is 0.251 e. The van der Waals surface area contributed by atoms with Crippen LogP contribution in [0.2, 0.25) is 0 Å². The van der Waals surface area contributed by atoms with E-state index >= 15 is 0 Å². The van der Waals surface area contributed by atoms with Crippen LogP contribution in [0, 0.1) is 0 Å². The van der Waals surface area contributed by atoms with Crippen molar-refractivity contribution in [2.45, 2.75) is 6.92 Å². The lowest BCUT2D eigenvalue weighted by atomic mass is 9.99. The molecule has 0 radical (unpaired) electrons. The van der Waals surface area contributed by atoms with Crippen LogP contribution in [0.15, 0.2) is 48.5 Å². The van der Waals surface area contributed by atoms with Gasteiger partial charge in [0.15, 0.2) is 0 Å². The number of hydrogen-bond donors (Lipinski definition) is 2. The fourth-order valence-electron chi connectivity index (χ4n) is 1.83. The minimum Gasteiger partial charge on any atom is -0.508 e. The molecule has 0 fully saturated rings. The predicted octanol–water partition coefficient (Wildman–Crippen LogP) is 2.81. The van der Waals surface area contributed by atoms with Crippen LogP contribution >= 0.6 is 0 Å². The highest BCUT2D eigenvalue weighted by Crippen LogP contribution is 2.25. The van der Waals surface area contributed by atoms with Gasteiger partial charge in [-0.15, -0.1) is 0 Å². The number of aromatic hydroxyl groups is 1. The van der Waals surface area contributed by atoms with Gasteiger partial charge in [0.2, 0.25) is 0 Å². The minimum absolute atomic E-state index is 0.0822. The number of phenols is 1. The van der Waals surface area contributed by atoms with Crippen molar-refractivity contribution >= 4 is 5.91 Å². The average molecular weight is 241 g/mol. The van der Waals surface area contributed by atoms with Crippen molar-refractivity contribution < 1.29 is 9.90 Å². The molecule has 3 heteroatoms. The molecule has 0 aliphatic heterocycles. The third-order valence-electron chi connectivity index (χ3n) is 2.69. The molecule has 0 aliphatic rings. The zero-order chi connectivity index (χ0) is 13.0. The summed E-state index contributed by atoms with van der Waals surface area (Å²) in [5.41, 5.74) is 2.42. The molecule has 18 heavy (non-hydrogen) atoms. The van der Waals surface area contributed by atoms with Crippen LogP contribution in [-0.4, -0.2) is 17.6 Å². The molecule has 0 aromatic heterocycles. The smallest absolute Gasteiger partial charge is 0.251 e. The van der Waals surface area contributed by atoms with Gasteiger partial charge in [0, 0.05) is 12.1 Å². The van der Waals surface area contributed by atoms with Gasteiger partial charge in [-0.3, -0.25) is 4.79 Å². The maximum absolute atomic E-state index is 11.9. The molecule has 2 aromatic carbocycles. The molecule has 3 nitrogen and oxygen atoms in total. The highest BCUT2D eigenvalue weighted by molar-refractivity contribution is 6.00. The second kappa shape index (κ2) is 5.36. The van der Waals surface area contributed by atoms with Crippen LogP contribution in [-0.2, 0) is 0 Å². The SMILES string of the molecule is CCNC(=O)c1ccccc1-c1ccc(O)cc1. The van der Waals surface area contributed by atoms with Gasteiger partial charge in [-0.2, -0.15) is 0 Å². The number of carbonyl (C=O) groups is 1. The zero-order valence-corrected chi connectivity index (χ0v) is 10.2. The average Bonchev–Trinajstić information content (AvgIpc) is 2.40. The fourth-order valence-corrected chi connectivity index (χ4v) is 1.83. The summed E-state index contributed by atoms with van der Waals surface area (Å²) in [5, 5.41) is 12.1. The summed E-state index contributed by atoms with van der Waals surface area (Å²) in [6, 6.07) is 14.3. The molecule has 0 unspecified atom stereocenters. The minimum atomic E-state index is -0.0822. The molecule has 0 bridgehead atoms. The standard InChI is InChI=1S/C15H15NO2/c1-2-16-15(18)14-6-4-3-5-13(14)11-7-9-12(17)10-8-11/h3-10,17H,2H2,1H3,(H,16,18). The summed E-state index contributed by atoms with van der Waals surface area (Å²) in [7, 11) is 0. The monoisotopic (exact) mass is 241 g/mol. The molecule has 0 saturated carbocycles. The highest BCUT2D eigenvalue weighted by atomic mass is 16.3. The third-order valence-corrected chi connectivity index (χ3v) is 2.69. The Morgan fingerprint density at radius 3 is 2.44 bits per heavy atom. The van der Waals surface area contributed by atoms with E-state index in [1.807, 2.05) is 25.1 Å². The largest absolute Gasteiger partial charge is 0.508 e. The third kappa shape index (κ3) is 2.51. The molecule has 0 spiro atoms. The molecule has 2 rings (SSSR count). The van der Waals surface area contributed by atoms with Crippen molar-refractivity contribution in [2.75, 3.05) is 6.54 Å². The highest BCUT2D eigenvalue weighted by Gasteiger charge is 2.10. The Hall–Kier alpha value is -2.29. The molecule has 0 heterocycles. The molecular formula is C15H15NO2.